The Morgan fingerprint density at radius 2 is 1.97 bits per heavy atom. The average Bonchev–Trinajstić information content (AvgIpc) is 2.75. The van der Waals surface area contributed by atoms with Crippen molar-refractivity contribution in [2.24, 2.45) is 5.73 Å². The average molecular weight is 410 g/mol. The summed E-state index contributed by atoms with van der Waals surface area (Å²) in [6, 6.07) is 13.0. The molecule has 0 bridgehead atoms. The summed E-state index contributed by atoms with van der Waals surface area (Å²) >= 11 is 0. The van der Waals surface area contributed by atoms with Gasteiger partial charge in [-0.3, -0.25) is 15.0 Å². The molecule has 1 saturated heterocycles. The number of carbonyl (C=O) groups is 3. The van der Waals surface area contributed by atoms with Crippen molar-refractivity contribution in [3.05, 3.63) is 59.7 Å². The first kappa shape index (κ1) is 21.0. The second kappa shape index (κ2) is 9.19. The molecule has 156 valence electrons. The lowest BCUT2D eigenvalue weighted by molar-refractivity contribution is -0.137. The molecule has 2 aromatic rings. The van der Waals surface area contributed by atoms with E-state index >= 15 is 0 Å². The highest BCUT2D eigenvalue weighted by atomic mass is 16.5. The Morgan fingerprint density at radius 3 is 2.63 bits per heavy atom. The van der Waals surface area contributed by atoms with Crippen LogP contribution in [0, 0.1) is 5.41 Å². The maximum absolute atomic E-state index is 12.9. The van der Waals surface area contributed by atoms with Gasteiger partial charge < -0.3 is 25.4 Å². The van der Waals surface area contributed by atoms with Crippen molar-refractivity contribution < 1.29 is 23.9 Å². The van der Waals surface area contributed by atoms with E-state index in [0.717, 1.165) is 0 Å². The van der Waals surface area contributed by atoms with Gasteiger partial charge in [-0.15, -0.1) is 0 Å². The molecule has 1 aliphatic rings. The van der Waals surface area contributed by atoms with Gasteiger partial charge in [-0.2, -0.15) is 0 Å². The topological polar surface area (TPSA) is 135 Å². The Hall–Kier alpha value is -3.72. The molecule has 0 aromatic heterocycles. The zero-order valence-corrected chi connectivity index (χ0v) is 16.4. The van der Waals surface area contributed by atoms with Crippen LogP contribution in [0.1, 0.15) is 22.3 Å². The van der Waals surface area contributed by atoms with Gasteiger partial charge in [0.1, 0.15) is 11.9 Å². The number of hydrogen-bond acceptors (Lipinski definition) is 6. The van der Waals surface area contributed by atoms with Crippen LogP contribution in [0.5, 0.6) is 0 Å². The first-order valence-corrected chi connectivity index (χ1v) is 9.24. The monoisotopic (exact) mass is 410 g/mol. The molecule has 4 N–H and O–H groups in total. The Bertz CT molecular complexity index is 974. The number of nitrogens with two attached hydrogens (primary N) is 1. The van der Waals surface area contributed by atoms with Gasteiger partial charge >= 0.3 is 5.97 Å². The number of amides is 2. The largest absolute Gasteiger partial charge is 0.465 e. The van der Waals surface area contributed by atoms with E-state index in [0.29, 0.717) is 29.0 Å². The predicted octanol–water partition coefficient (Wildman–Crippen LogP) is 1.52. The number of morpholine rings is 1. The summed E-state index contributed by atoms with van der Waals surface area (Å²) in [7, 11) is 1.29. The van der Waals surface area contributed by atoms with Crippen LogP contribution in [0.15, 0.2) is 48.5 Å². The molecule has 30 heavy (non-hydrogen) atoms. The van der Waals surface area contributed by atoms with E-state index < -0.39 is 12.1 Å². The number of anilines is 2. The van der Waals surface area contributed by atoms with Gasteiger partial charge in [0.25, 0.3) is 5.91 Å². The molecule has 2 aromatic carbocycles. The predicted molar refractivity (Wildman–Crippen MR) is 111 cm³/mol. The molecular weight excluding hydrogens is 388 g/mol. The number of hydrogen-bond donors (Lipinski definition) is 3. The number of amidine groups is 1. The smallest absolute Gasteiger partial charge is 0.337 e. The molecule has 3 rings (SSSR count). The van der Waals surface area contributed by atoms with E-state index in [1.807, 2.05) is 0 Å². The van der Waals surface area contributed by atoms with E-state index in [1.165, 1.54) is 12.0 Å². The van der Waals surface area contributed by atoms with Crippen LogP contribution in [-0.2, 0) is 19.1 Å². The highest BCUT2D eigenvalue weighted by Crippen LogP contribution is 2.22. The molecule has 1 unspecified atom stereocenters. The Labute approximate surface area is 173 Å². The van der Waals surface area contributed by atoms with E-state index in [4.69, 9.17) is 20.6 Å². The quantitative estimate of drug-likeness (QED) is 0.375. The maximum Gasteiger partial charge on any atom is 0.337 e. The fraction of sp³-hybridized carbons (Fsp3) is 0.238. The minimum Gasteiger partial charge on any atom is -0.465 e. The van der Waals surface area contributed by atoms with Crippen LogP contribution < -0.4 is 16.0 Å². The first-order valence-electron chi connectivity index (χ1n) is 9.24. The van der Waals surface area contributed by atoms with Crippen molar-refractivity contribution in [3.8, 4) is 0 Å². The lowest BCUT2D eigenvalue weighted by Crippen LogP contribution is -2.49. The van der Waals surface area contributed by atoms with Crippen LogP contribution in [0.25, 0.3) is 0 Å². The number of benzene rings is 2. The number of methoxy groups -OCH3 is 1. The summed E-state index contributed by atoms with van der Waals surface area (Å²) in [6.45, 7) is 0.577. The third-order valence-electron chi connectivity index (χ3n) is 4.60. The molecule has 0 spiro atoms. The number of nitrogens with zero attached hydrogens (tertiary/aromatic N) is 1. The van der Waals surface area contributed by atoms with Crippen molar-refractivity contribution in [2.75, 3.05) is 30.5 Å². The summed E-state index contributed by atoms with van der Waals surface area (Å²) < 4.78 is 10.2. The van der Waals surface area contributed by atoms with Crippen molar-refractivity contribution in [2.45, 2.75) is 12.5 Å². The van der Waals surface area contributed by atoms with Gasteiger partial charge in [0, 0.05) is 23.5 Å². The molecular formula is C21H22N4O5. The Morgan fingerprint density at radius 1 is 1.23 bits per heavy atom. The van der Waals surface area contributed by atoms with Gasteiger partial charge in [-0.05, 0) is 42.5 Å². The minimum atomic E-state index is -0.933. The standard InChI is InChI=1S/C21H22N4O5/c1-29-21(28)14-3-2-4-16(11-14)25-9-10-30-17(20(25)27)12-18(26)24-15-7-5-13(6-8-15)19(22)23/h2-8,11,17H,9-10,12H2,1H3,(H3,22,23)(H,24,26). The van der Waals surface area contributed by atoms with E-state index in [9.17, 15) is 14.4 Å². The van der Waals surface area contributed by atoms with Gasteiger partial charge in [-0.25, -0.2) is 4.79 Å². The third kappa shape index (κ3) is 4.81. The molecule has 1 fully saturated rings. The van der Waals surface area contributed by atoms with Crippen molar-refractivity contribution in [1.29, 1.82) is 5.41 Å². The van der Waals surface area contributed by atoms with Crippen LogP contribution >= 0.6 is 0 Å². The normalized spacial score (nSPS) is 16.1. The van der Waals surface area contributed by atoms with Crippen LogP contribution in [0.2, 0.25) is 0 Å². The zero-order valence-electron chi connectivity index (χ0n) is 16.4. The molecule has 0 saturated carbocycles. The second-order valence-electron chi connectivity index (χ2n) is 6.63. The molecule has 0 radical (unpaired) electrons. The molecule has 0 aliphatic carbocycles. The van der Waals surface area contributed by atoms with Gasteiger partial charge in [0.15, 0.2) is 0 Å². The number of ether oxygens (including phenoxy) is 2. The Kier molecular flexibility index (Phi) is 6.43. The molecule has 1 aliphatic heterocycles. The highest BCUT2D eigenvalue weighted by Gasteiger charge is 2.32. The number of rotatable bonds is 6. The molecule has 2 amide bonds. The molecule has 9 heteroatoms. The maximum atomic E-state index is 12.9. The lowest BCUT2D eigenvalue weighted by Gasteiger charge is -2.32. The number of nitrogen functional groups attached to an aromatic ring is 1. The molecule has 9 nitrogen and oxygen atoms in total. The van der Waals surface area contributed by atoms with Gasteiger partial charge in [0.05, 0.1) is 25.7 Å². The van der Waals surface area contributed by atoms with E-state index in [-0.39, 0.29) is 30.7 Å². The zero-order chi connectivity index (χ0) is 21.7. The Balaban J connectivity index is 1.66. The summed E-state index contributed by atoms with van der Waals surface area (Å²) in [5.74, 6) is -1.30. The first-order chi connectivity index (χ1) is 14.4. The van der Waals surface area contributed by atoms with Crippen LogP contribution in [0.4, 0.5) is 11.4 Å². The molecule has 1 heterocycles. The fourth-order valence-corrected chi connectivity index (χ4v) is 3.08. The second-order valence-corrected chi connectivity index (χ2v) is 6.63. The summed E-state index contributed by atoms with van der Waals surface area (Å²) in [4.78, 5) is 38.5. The minimum absolute atomic E-state index is 0.0644. The van der Waals surface area contributed by atoms with Gasteiger partial charge in [-0.1, -0.05) is 6.07 Å². The fourth-order valence-electron chi connectivity index (χ4n) is 3.08. The van der Waals surface area contributed by atoms with Gasteiger partial charge in [0.2, 0.25) is 5.91 Å². The van der Waals surface area contributed by atoms with E-state index in [2.05, 4.69) is 5.32 Å². The van der Waals surface area contributed by atoms with Crippen LogP contribution in [-0.4, -0.2) is 50.0 Å². The third-order valence-corrected chi connectivity index (χ3v) is 4.60. The number of esters is 1. The highest BCUT2D eigenvalue weighted by molar-refractivity contribution is 6.02. The lowest BCUT2D eigenvalue weighted by atomic mass is 10.1. The summed E-state index contributed by atoms with van der Waals surface area (Å²) in [5, 5.41) is 10.1. The van der Waals surface area contributed by atoms with Crippen LogP contribution in [0.3, 0.4) is 0 Å². The van der Waals surface area contributed by atoms with Crippen molar-refractivity contribution >= 4 is 35.0 Å². The number of nitrogens with one attached hydrogen (secondary N) is 2. The van der Waals surface area contributed by atoms with Crippen molar-refractivity contribution in [3.63, 3.8) is 0 Å². The summed E-state index contributed by atoms with van der Waals surface area (Å²) in [5.41, 5.74) is 7.35. The van der Waals surface area contributed by atoms with E-state index in [1.54, 1.807) is 48.5 Å². The SMILES string of the molecule is COC(=O)c1cccc(N2CCOC(CC(=O)Nc3ccc(C(=N)N)cc3)C2=O)c1. The number of carbonyl (C=O) groups excluding carboxylic acids is 3. The molecule has 1 atom stereocenters. The van der Waals surface area contributed by atoms with Crippen molar-refractivity contribution in [1.82, 2.24) is 0 Å². The summed E-state index contributed by atoms with van der Waals surface area (Å²) in [6.07, 6.45) is -1.09.